The Bertz CT molecular complexity index is 1100. The summed E-state index contributed by atoms with van der Waals surface area (Å²) in [5.41, 5.74) is 3.17. The van der Waals surface area contributed by atoms with Crippen molar-refractivity contribution in [3.63, 3.8) is 0 Å². The van der Waals surface area contributed by atoms with Crippen molar-refractivity contribution in [2.75, 3.05) is 0 Å². The van der Waals surface area contributed by atoms with Gasteiger partial charge in [0.05, 0.1) is 5.69 Å². The molecule has 154 valence electrons. The molecule has 0 spiro atoms. The average Bonchev–Trinajstić information content (AvgIpc) is 3.17. The van der Waals surface area contributed by atoms with Crippen LogP contribution in [0.3, 0.4) is 0 Å². The Kier molecular flexibility index (Phi) is 6.67. The van der Waals surface area contributed by atoms with Crippen LogP contribution in [0, 0.1) is 0 Å². The predicted molar refractivity (Wildman–Crippen MR) is 122 cm³/mol. The zero-order chi connectivity index (χ0) is 20.8. The third kappa shape index (κ3) is 5.20. The summed E-state index contributed by atoms with van der Waals surface area (Å²) >= 11 is 1.52. The van der Waals surface area contributed by atoms with E-state index in [-0.39, 0.29) is 5.56 Å². The predicted octanol–water partition coefficient (Wildman–Crippen LogP) is 4.70. The molecule has 0 fully saturated rings. The summed E-state index contributed by atoms with van der Waals surface area (Å²) in [5, 5.41) is 5.43. The lowest BCUT2D eigenvalue weighted by Crippen LogP contribution is -2.25. The summed E-state index contributed by atoms with van der Waals surface area (Å²) in [6.07, 6.45) is 3.08. The number of nitrogens with zero attached hydrogens (tertiary/aromatic N) is 4. The highest BCUT2D eigenvalue weighted by molar-refractivity contribution is 7.16. The first-order valence-corrected chi connectivity index (χ1v) is 11.2. The number of hydrogen-bond donors (Lipinski definition) is 0. The quantitative estimate of drug-likeness (QED) is 0.395. The summed E-state index contributed by atoms with van der Waals surface area (Å²) in [5.74, 6) is 0. The second kappa shape index (κ2) is 9.78. The van der Waals surface area contributed by atoms with Crippen molar-refractivity contribution in [3.05, 3.63) is 98.9 Å². The molecule has 0 unspecified atom stereocenters. The summed E-state index contributed by atoms with van der Waals surface area (Å²) in [6, 6.07) is 22.4. The van der Waals surface area contributed by atoms with E-state index in [2.05, 4.69) is 65.5 Å². The lowest BCUT2D eigenvalue weighted by Gasteiger charge is -2.22. The fourth-order valence-corrected chi connectivity index (χ4v) is 4.45. The van der Waals surface area contributed by atoms with Gasteiger partial charge in [-0.2, -0.15) is 9.61 Å². The first kappa shape index (κ1) is 20.4. The van der Waals surface area contributed by atoms with E-state index in [1.54, 1.807) is 6.07 Å². The molecular weight excluding hydrogens is 392 g/mol. The second-order valence-corrected chi connectivity index (χ2v) is 8.54. The molecule has 4 rings (SSSR count). The minimum Gasteiger partial charge on any atom is -0.289 e. The molecular formula is C24H26N4OS. The maximum absolute atomic E-state index is 12.6. The van der Waals surface area contributed by atoms with Crippen LogP contribution in [0.25, 0.3) is 4.96 Å². The molecule has 0 bridgehead atoms. The van der Waals surface area contributed by atoms with Gasteiger partial charge in [0.15, 0.2) is 0 Å². The topological polar surface area (TPSA) is 50.5 Å². The first-order chi connectivity index (χ1) is 14.7. The minimum atomic E-state index is -0.103. The van der Waals surface area contributed by atoms with Gasteiger partial charge in [-0.15, -0.1) is 0 Å². The van der Waals surface area contributed by atoms with Crippen LogP contribution in [0.2, 0.25) is 0 Å². The Hall–Kier alpha value is -2.83. The van der Waals surface area contributed by atoms with E-state index in [1.165, 1.54) is 27.0 Å². The normalized spacial score (nSPS) is 11.4. The lowest BCUT2D eigenvalue weighted by atomic mass is 10.1. The Morgan fingerprint density at radius 2 is 1.57 bits per heavy atom. The lowest BCUT2D eigenvalue weighted by molar-refractivity contribution is 0.244. The van der Waals surface area contributed by atoms with E-state index in [4.69, 9.17) is 4.98 Å². The van der Waals surface area contributed by atoms with Gasteiger partial charge >= 0.3 is 0 Å². The van der Waals surface area contributed by atoms with Gasteiger partial charge < -0.3 is 0 Å². The van der Waals surface area contributed by atoms with Crippen LogP contribution in [-0.4, -0.2) is 19.5 Å². The Balaban J connectivity index is 1.59. The zero-order valence-electron chi connectivity index (χ0n) is 17.2. The van der Waals surface area contributed by atoms with Crippen molar-refractivity contribution in [1.82, 2.24) is 19.5 Å². The molecule has 0 atom stereocenters. The fourth-order valence-electron chi connectivity index (χ4n) is 3.49. The van der Waals surface area contributed by atoms with E-state index >= 15 is 0 Å². The summed E-state index contributed by atoms with van der Waals surface area (Å²) in [7, 11) is 0. The molecule has 2 aromatic heterocycles. The van der Waals surface area contributed by atoms with Crippen LogP contribution < -0.4 is 5.56 Å². The Labute approximate surface area is 180 Å². The van der Waals surface area contributed by atoms with Gasteiger partial charge in [0, 0.05) is 32.1 Å². The van der Waals surface area contributed by atoms with Gasteiger partial charge in [0.25, 0.3) is 5.56 Å². The summed E-state index contributed by atoms with van der Waals surface area (Å²) in [6.45, 7) is 4.35. The molecule has 30 heavy (non-hydrogen) atoms. The smallest absolute Gasteiger partial charge is 0.275 e. The van der Waals surface area contributed by atoms with Gasteiger partial charge in [-0.05, 0) is 17.5 Å². The molecule has 0 aliphatic rings. The standard InChI is InChI=1S/C24H26N4OS/c1-2-3-14-22-26-28-23(29)15-21(25-24(28)30-22)18-27(16-19-10-6-4-7-11-19)17-20-12-8-5-9-13-20/h4-13,15H,2-3,14,16-18H2,1H3. The summed E-state index contributed by atoms with van der Waals surface area (Å²) in [4.78, 5) is 20.4. The van der Waals surface area contributed by atoms with Gasteiger partial charge in [0.1, 0.15) is 5.01 Å². The minimum absolute atomic E-state index is 0.103. The molecule has 6 heteroatoms. The molecule has 2 aromatic carbocycles. The number of benzene rings is 2. The van der Waals surface area contributed by atoms with Crippen LogP contribution in [0.1, 0.15) is 41.6 Å². The van der Waals surface area contributed by atoms with Crippen LogP contribution in [0.4, 0.5) is 0 Å². The van der Waals surface area contributed by atoms with Crippen molar-refractivity contribution in [2.45, 2.75) is 45.8 Å². The van der Waals surface area contributed by atoms with Crippen molar-refractivity contribution < 1.29 is 0 Å². The Morgan fingerprint density at radius 3 is 2.17 bits per heavy atom. The van der Waals surface area contributed by atoms with Gasteiger partial charge in [-0.3, -0.25) is 9.69 Å². The molecule has 0 amide bonds. The van der Waals surface area contributed by atoms with Crippen LogP contribution in [-0.2, 0) is 26.1 Å². The number of hydrogen-bond acceptors (Lipinski definition) is 5. The van der Waals surface area contributed by atoms with E-state index in [1.807, 2.05) is 12.1 Å². The SMILES string of the molecule is CCCCc1nn2c(=O)cc(CN(Cc3ccccc3)Cc3ccccc3)nc2s1. The highest BCUT2D eigenvalue weighted by atomic mass is 32.1. The van der Waals surface area contributed by atoms with Gasteiger partial charge in [-0.25, -0.2) is 4.98 Å². The van der Waals surface area contributed by atoms with Crippen LogP contribution in [0.5, 0.6) is 0 Å². The Morgan fingerprint density at radius 1 is 0.933 bits per heavy atom. The largest absolute Gasteiger partial charge is 0.289 e. The second-order valence-electron chi connectivity index (χ2n) is 7.50. The van der Waals surface area contributed by atoms with E-state index in [0.717, 1.165) is 43.1 Å². The van der Waals surface area contributed by atoms with Crippen molar-refractivity contribution in [2.24, 2.45) is 0 Å². The molecule has 0 radical (unpaired) electrons. The molecule has 0 saturated heterocycles. The average molecular weight is 419 g/mol. The molecule has 0 N–H and O–H groups in total. The highest BCUT2D eigenvalue weighted by Crippen LogP contribution is 2.16. The molecule has 0 saturated carbocycles. The van der Waals surface area contributed by atoms with Crippen molar-refractivity contribution >= 4 is 16.3 Å². The third-order valence-corrected chi connectivity index (χ3v) is 5.94. The zero-order valence-corrected chi connectivity index (χ0v) is 18.0. The maximum Gasteiger partial charge on any atom is 0.275 e. The monoisotopic (exact) mass is 418 g/mol. The highest BCUT2D eigenvalue weighted by Gasteiger charge is 2.13. The van der Waals surface area contributed by atoms with E-state index in [9.17, 15) is 4.79 Å². The number of aromatic nitrogens is 3. The molecule has 5 nitrogen and oxygen atoms in total. The third-order valence-electron chi connectivity index (χ3n) is 4.97. The number of aryl methyl sites for hydroxylation is 1. The summed E-state index contributed by atoms with van der Waals surface area (Å²) < 4.78 is 1.44. The number of rotatable bonds is 9. The number of fused-ring (bicyclic) bond motifs is 1. The van der Waals surface area contributed by atoms with Crippen molar-refractivity contribution in [1.29, 1.82) is 0 Å². The molecule has 4 aromatic rings. The molecule has 0 aliphatic carbocycles. The first-order valence-electron chi connectivity index (χ1n) is 10.4. The van der Waals surface area contributed by atoms with E-state index in [0.29, 0.717) is 11.5 Å². The van der Waals surface area contributed by atoms with Crippen molar-refractivity contribution in [3.8, 4) is 0 Å². The van der Waals surface area contributed by atoms with Crippen LogP contribution in [0.15, 0.2) is 71.5 Å². The van der Waals surface area contributed by atoms with E-state index < -0.39 is 0 Å². The number of unbranched alkanes of at least 4 members (excludes halogenated alkanes) is 1. The molecule has 2 heterocycles. The maximum atomic E-state index is 12.6. The van der Waals surface area contributed by atoms with Gasteiger partial charge in [-0.1, -0.05) is 85.3 Å². The molecule has 0 aliphatic heterocycles. The fraction of sp³-hybridized carbons (Fsp3) is 0.292. The van der Waals surface area contributed by atoms with Crippen LogP contribution >= 0.6 is 11.3 Å². The van der Waals surface area contributed by atoms with Gasteiger partial charge in [0.2, 0.25) is 4.96 Å².